The Bertz CT molecular complexity index is 947. The molecule has 144 valence electrons. The quantitative estimate of drug-likeness (QED) is 0.849. The SMILES string of the molecule is COc1c(C)cc(S(=O)(=O)Nc2cccc(N3CCCCC3=O)c2)cc1C. The monoisotopic (exact) mass is 388 g/mol. The molecule has 0 aromatic heterocycles. The van der Waals surface area contributed by atoms with Gasteiger partial charge in [0.15, 0.2) is 0 Å². The van der Waals surface area contributed by atoms with Gasteiger partial charge in [-0.3, -0.25) is 9.52 Å². The van der Waals surface area contributed by atoms with Crippen LogP contribution in [0.1, 0.15) is 30.4 Å². The second-order valence-corrected chi connectivity index (χ2v) is 8.43. The summed E-state index contributed by atoms with van der Waals surface area (Å²) in [7, 11) is -2.19. The second-order valence-electron chi connectivity index (χ2n) is 6.75. The van der Waals surface area contributed by atoms with E-state index in [1.54, 1.807) is 42.3 Å². The van der Waals surface area contributed by atoms with Crippen molar-refractivity contribution in [3.8, 4) is 5.75 Å². The summed E-state index contributed by atoms with van der Waals surface area (Å²) in [5.74, 6) is 0.752. The fourth-order valence-electron chi connectivity index (χ4n) is 3.42. The molecule has 1 aliphatic heterocycles. The van der Waals surface area contributed by atoms with Crippen molar-refractivity contribution in [1.29, 1.82) is 0 Å². The van der Waals surface area contributed by atoms with Crippen LogP contribution in [0.5, 0.6) is 5.75 Å². The molecule has 0 radical (unpaired) electrons. The highest BCUT2D eigenvalue weighted by molar-refractivity contribution is 7.92. The standard InChI is InChI=1S/C20H24N2O4S/c1-14-11-18(12-15(2)20(14)26-3)27(24,25)21-16-7-6-8-17(13-16)22-10-5-4-9-19(22)23/h6-8,11-13,21H,4-5,9-10H2,1-3H3. The number of carbonyl (C=O) groups excluding carboxylic acids is 1. The predicted octanol–water partition coefficient (Wildman–Crippen LogP) is 3.63. The number of amides is 1. The van der Waals surface area contributed by atoms with Crippen molar-refractivity contribution in [2.24, 2.45) is 0 Å². The highest BCUT2D eigenvalue weighted by Gasteiger charge is 2.21. The van der Waals surface area contributed by atoms with E-state index in [1.807, 2.05) is 19.9 Å². The van der Waals surface area contributed by atoms with Crippen LogP contribution in [-0.4, -0.2) is 28.0 Å². The van der Waals surface area contributed by atoms with E-state index >= 15 is 0 Å². The minimum Gasteiger partial charge on any atom is -0.496 e. The van der Waals surface area contributed by atoms with E-state index < -0.39 is 10.0 Å². The minimum atomic E-state index is -3.75. The number of ether oxygens (including phenoxy) is 1. The second kappa shape index (κ2) is 7.60. The van der Waals surface area contributed by atoms with Gasteiger partial charge >= 0.3 is 0 Å². The van der Waals surface area contributed by atoms with Gasteiger partial charge in [0.05, 0.1) is 17.7 Å². The number of carbonyl (C=O) groups is 1. The van der Waals surface area contributed by atoms with E-state index in [-0.39, 0.29) is 10.8 Å². The normalized spacial score (nSPS) is 14.9. The fraction of sp³-hybridized carbons (Fsp3) is 0.350. The van der Waals surface area contributed by atoms with E-state index in [2.05, 4.69) is 4.72 Å². The van der Waals surface area contributed by atoms with Gasteiger partial charge in [-0.25, -0.2) is 8.42 Å². The lowest BCUT2D eigenvalue weighted by Crippen LogP contribution is -2.35. The first-order chi connectivity index (χ1) is 12.8. The molecule has 6 nitrogen and oxygen atoms in total. The number of sulfonamides is 1. The first-order valence-electron chi connectivity index (χ1n) is 8.90. The van der Waals surface area contributed by atoms with Gasteiger partial charge in [0.25, 0.3) is 10.0 Å². The molecule has 1 aliphatic rings. The van der Waals surface area contributed by atoms with Gasteiger partial charge in [-0.15, -0.1) is 0 Å². The first-order valence-corrected chi connectivity index (χ1v) is 10.4. The number of nitrogens with one attached hydrogen (secondary N) is 1. The molecule has 7 heteroatoms. The fourth-order valence-corrected chi connectivity index (χ4v) is 4.64. The van der Waals surface area contributed by atoms with E-state index in [0.29, 0.717) is 30.1 Å². The molecule has 2 aromatic carbocycles. The van der Waals surface area contributed by atoms with Crippen molar-refractivity contribution >= 4 is 27.3 Å². The molecule has 2 aromatic rings. The van der Waals surface area contributed by atoms with Crippen LogP contribution in [0.15, 0.2) is 41.3 Å². The molecular weight excluding hydrogens is 364 g/mol. The van der Waals surface area contributed by atoms with Crippen LogP contribution in [0.3, 0.4) is 0 Å². The zero-order valence-electron chi connectivity index (χ0n) is 15.8. The van der Waals surface area contributed by atoms with Gasteiger partial charge in [-0.2, -0.15) is 0 Å². The van der Waals surface area contributed by atoms with Gasteiger partial charge in [-0.1, -0.05) is 6.07 Å². The summed E-state index contributed by atoms with van der Waals surface area (Å²) < 4.78 is 33.6. The Morgan fingerprint density at radius 2 is 1.78 bits per heavy atom. The Morgan fingerprint density at radius 3 is 2.41 bits per heavy atom. The van der Waals surface area contributed by atoms with Crippen LogP contribution in [0.4, 0.5) is 11.4 Å². The van der Waals surface area contributed by atoms with Crippen molar-refractivity contribution in [3.63, 3.8) is 0 Å². The summed E-state index contributed by atoms with van der Waals surface area (Å²) in [4.78, 5) is 14.0. The minimum absolute atomic E-state index is 0.0719. The van der Waals surface area contributed by atoms with Crippen LogP contribution < -0.4 is 14.4 Å². The van der Waals surface area contributed by atoms with E-state index in [1.165, 1.54) is 0 Å². The average molecular weight is 388 g/mol. The largest absolute Gasteiger partial charge is 0.496 e. The lowest BCUT2D eigenvalue weighted by atomic mass is 10.1. The molecule has 0 saturated carbocycles. The lowest BCUT2D eigenvalue weighted by Gasteiger charge is -2.27. The summed E-state index contributed by atoms with van der Waals surface area (Å²) in [6.07, 6.45) is 2.38. The smallest absolute Gasteiger partial charge is 0.261 e. The number of methoxy groups -OCH3 is 1. The van der Waals surface area contributed by atoms with Crippen molar-refractivity contribution in [1.82, 2.24) is 0 Å². The number of nitrogens with zero attached hydrogens (tertiary/aromatic N) is 1. The molecular formula is C20H24N2O4S. The molecule has 27 heavy (non-hydrogen) atoms. The first kappa shape index (κ1) is 19.2. The summed E-state index contributed by atoms with van der Waals surface area (Å²) in [5, 5.41) is 0. The van der Waals surface area contributed by atoms with E-state index in [0.717, 1.165) is 24.0 Å². The highest BCUT2D eigenvalue weighted by atomic mass is 32.2. The Balaban J connectivity index is 1.88. The van der Waals surface area contributed by atoms with E-state index in [4.69, 9.17) is 4.74 Å². The molecule has 1 amide bonds. The third-order valence-corrected chi connectivity index (χ3v) is 6.04. The van der Waals surface area contributed by atoms with Crippen LogP contribution in [0, 0.1) is 13.8 Å². The number of anilines is 2. The molecule has 0 atom stereocenters. The van der Waals surface area contributed by atoms with Crippen molar-refractivity contribution < 1.29 is 17.9 Å². The van der Waals surface area contributed by atoms with Crippen LogP contribution in [0.2, 0.25) is 0 Å². The van der Waals surface area contributed by atoms with Crippen molar-refractivity contribution in [2.45, 2.75) is 38.0 Å². The van der Waals surface area contributed by atoms with Crippen molar-refractivity contribution in [2.75, 3.05) is 23.3 Å². The maximum atomic E-state index is 12.8. The third-order valence-electron chi connectivity index (χ3n) is 4.68. The molecule has 1 saturated heterocycles. The molecule has 1 N–H and O–H groups in total. The Labute approximate surface area is 160 Å². The zero-order chi connectivity index (χ0) is 19.6. The molecule has 1 fully saturated rings. The maximum absolute atomic E-state index is 12.8. The third kappa shape index (κ3) is 4.08. The predicted molar refractivity (Wildman–Crippen MR) is 106 cm³/mol. The van der Waals surface area contributed by atoms with Gasteiger partial charge < -0.3 is 9.64 Å². The molecule has 0 unspecified atom stereocenters. The number of hydrogen-bond donors (Lipinski definition) is 1. The Morgan fingerprint density at radius 1 is 1.07 bits per heavy atom. The number of aryl methyl sites for hydroxylation is 2. The number of benzene rings is 2. The molecule has 0 bridgehead atoms. The summed E-state index contributed by atoms with van der Waals surface area (Å²) >= 11 is 0. The maximum Gasteiger partial charge on any atom is 0.261 e. The summed E-state index contributed by atoms with van der Waals surface area (Å²) in [6.45, 7) is 4.28. The van der Waals surface area contributed by atoms with Crippen LogP contribution in [-0.2, 0) is 14.8 Å². The highest BCUT2D eigenvalue weighted by Crippen LogP contribution is 2.29. The number of rotatable bonds is 5. The summed E-state index contributed by atoms with van der Waals surface area (Å²) in [6, 6.07) is 10.1. The van der Waals surface area contributed by atoms with Gasteiger partial charge in [0, 0.05) is 18.7 Å². The Hall–Kier alpha value is -2.54. The average Bonchev–Trinajstić information content (AvgIpc) is 2.61. The zero-order valence-corrected chi connectivity index (χ0v) is 16.6. The van der Waals surface area contributed by atoms with Crippen molar-refractivity contribution in [3.05, 3.63) is 47.5 Å². The van der Waals surface area contributed by atoms with Gasteiger partial charge in [-0.05, 0) is 68.1 Å². The van der Waals surface area contributed by atoms with Crippen LogP contribution >= 0.6 is 0 Å². The number of piperidine rings is 1. The molecule has 0 aliphatic carbocycles. The summed E-state index contributed by atoms with van der Waals surface area (Å²) in [5.41, 5.74) is 2.65. The van der Waals surface area contributed by atoms with Gasteiger partial charge in [0.2, 0.25) is 5.91 Å². The van der Waals surface area contributed by atoms with Crippen LogP contribution in [0.25, 0.3) is 0 Å². The molecule has 1 heterocycles. The van der Waals surface area contributed by atoms with E-state index in [9.17, 15) is 13.2 Å². The molecule has 0 spiro atoms. The van der Waals surface area contributed by atoms with Gasteiger partial charge in [0.1, 0.15) is 5.75 Å². The topological polar surface area (TPSA) is 75.7 Å². The molecule has 3 rings (SSSR count). The number of hydrogen-bond acceptors (Lipinski definition) is 4. The Kier molecular flexibility index (Phi) is 5.41. The lowest BCUT2D eigenvalue weighted by molar-refractivity contribution is -0.119.